The summed E-state index contributed by atoms with van der Waals surface area (Å²) in [4.78, 5) is 36.2. The van der Waals surface area contributed by atoms with E-state index in [0.29, 0.717) is 0 Å². The van der Waals surface area contributed by atoms with Crippen molar-refractivity contribution in [2.75, 3.05) is 26.4 Å². The zero-order valence-corrected chi connectivity index (χ0v) is 20.7. The van der Waals surface area contributed by atoms with Crippen molar-refractivity contribution in [2.24, 2.45) is 11.3 Å². The highest BCUT2D eigenvalue weighted by Gasteiger charge is 2.40. The van der Waals surface area contributed by atoms with Gasteiger partial charge in [0.25, 0.3) is 0 Å². The number of hydrogen-bond donors (Lipinski definition) is 3. The number of benzene rings is 2. The fraction of sp³-hybridized carbons (Fsp3) is 0.444. The first-order valence-electron chi connectivity index (χ1n) is 11.8. The Hall–Kier alpha value is -3.39. The fourth-order valence-electron chi connectivity index (χ4n) is 4.71. The maximum absolute atomic E-state index is 12.9. The summed E-state index contributed by atoms with van der Waals surface area (Å²) in [5.41, 5.74) is 3.63. The van der Waals surface area contributed by atoms with Crippen LogP contribution in [-0.2, 0) is 19.1 Å². The third kappa shape index (κ3) is 6.19. The fourth-order valence-corrected chi connectivity index (χ4v) is 4.71. The molecule has 0 heterocycles. The normalized spacial score (nSPS) is 13.6. The van der Waals surface area contributed by atoms with E-state index < -0.39 is 30.1 Å². The molecule has 3 rings (SSSR count). The minimum atomic E-state index is -1.07. The van der Waals surface area contributed by atoms with Gasteiger partial charge in [-0.25, -0.2) is 9.59 Å². The van der Waals surface area contributed by atoms with Crippen molar-refractivity contribution in [2.45, 2.75) is 39.7 Å². The summed E-state index contributed by atoms with van der Waals surface area (Å²) in [6.07, 6.45) is -0.573. The van der Waals surface area contributed by atoms with Crippen LogP contribution >= 0.6 is 0 Å². The molecule has 1 aliphatic carbocycles. The first-order valence-corrected chi connectivity index (χ1v) is 11.8. The molecule has 8 nitrogen and oxygen atoms in total. The monoisotopic (exact) mass is 482 g/mol. The average molecular weight is 483 g/mol. The molecule has 0 saturated carbocycles. The molecule has 0 fully saturated rings. The lowest BCUT2D eigenvalue weighted by molar-refractivity contribution is -0.142. The number of hydrogen-bond acceptors (Lipinski definition) is 5. The largest absolute Gasteiger partial charge is 0.480 e. The van der Waals surface area contributed by atoms with Gasteiger partial charge < -0.3 is 25.2 Å². The van der Waals surface area contributed by atoms with Crippen LogP contribution in [0.15, 0.2) is 48.5 Å². The number of carboxylic acid groups (broad SMARTS) is 1. The number of alkyl carbamates (subject to hydrolysis) is 1. The van der Waals surface area contributed by atoms with Crippen molar-refractivity contribution < 1.29 is 29.0 Å². The maximum atomic E-state index is 12.9. The quantitative estimate of drug-likeness (QED) is 0.420. The zero-order valence-electron chi connectivity index (χ0n) is 20.7. The Morgan fingerprint density at radius 2 is 1.57 bits per heavy atom. The van der Waals surface area contributed by atoms with Crippen LogP contribution in [0.1, 0.15) is 44.7 Å². The molecule has 0 radical (unpaired) electrons. The molecule has 0 aromatic heterocycles. The Kier molecular flexibility index (Phi) is 8.51. The third-order valence-electron chi connectivity index (χ3n) is 6.40. The number of carbonyl (C=O) groups is 3. The molecule has 1 atom stereocenters. The molecule has 8 heteroatoms. The summed E-state index contributed by atoms with van der Waals surface area (Å²) in [6, 6.07) is 15.8. The number of carboxylic acids is 1. The van der Waals surface area contributed by atoms with E-state index in [0.717, 1.165) is 22.3 Å². The Morgan fingerprint density at radius 1 is 1.00 bits per heavy atom. The second-order valence-electron chi connectivity index (χ2n) is 9.62. The number of aliphatic carboxylic acids is 1. The van der Waals surface area contributed by atoms with Gasteiger partial charge >= 0.3 is 12.1 Å². The van der Waals surface area contributed by atoms with E-state index in [1.807, 2.05) is 38.1 Å². The Bertz CT molecular complexity index is 1020. The zero-order chi connectivity index (χ0) is 25.6. The van der Waals surface area contributed by atoms with Crippen molar-refractivity contribution in [3.05, 3.63) is 59.7 Å². The van der Waals surface area contributed by atoms with Gasteiger partial charge in [-0.15, -0.1) is 0 Å². The lowest BCUT2D eigenvalue weighted by atomic mass is 9.77. The average Bonchev–Trinajstić information content (AvgIpc) is 3.14. The van der Waals surface area contributed by atoms with Crippen LogP contribution in [0.4, 0.5) is 4.79 Å². The number of fused-ring (bicyclic) bond motifs is 3. The molecular formula is C27H34N2O6. The van der Waals surface area contributed by atoms with Gasteiger partial charge in [0, 0.05) is 18.5 Å². The molecule has 0 bridgehead atoms. The SMILES string of the molecule is CC(C)C(NC(=O)OCC1c2ccccc2-c2ccccc21)C(C)(C)C(=O)NCCOCC(=O)O. The molecule has 2 amide bonds. The van der Waals surface area contributed by atoms with E-state index in [9.17, 15) is 14.4 Å². The Morgan fingerprint density at radius 3 is 2.11 bits per heavy atom. The summed E-state index contributed by atoms with van der Waals surface area (Å²) in [7, 11) is 0. The predicted molar refractivity (Wildman–Crippen MR) is 132 cm³/mol. The summed E-state index contributed by atoms with van der Waals surface area (Å²) in [5.74, 6) is -1.43. The van der Waals surface area contributed by atoms with E-state index in [1.54, 1.807) is 13.8 Å². The van der Waals surface area contributed by atoms with Gasteiger partial charge in [0.05, 0.1) is 12.0 Å². The summed E-state index contributed by atoms with van der Waals surface area (Å²) in [6.45, 7) is 7.41. The van der Waals surface area contributed by atoms with Crippen molar-refractivity contribution >= 4 is 18.0 Å². The molecular weight excluding hydrogens is 448 g/mol. The first kappa shape index (κ1) is 26.2. The molecule has 1 aliphatic rings. The Labute approximate surface area is 206 Å². The highest BCUT2D eigenvalue weighted by atomic mass is 16.5. The van der Waals surface area contributed by atoms with Crippen LogP contribution in [0.3, 0.4) is 0 Å². The molecule has 3 N–H and O–H groups in total. The van der Waals surface area contributed by atoms with E-state index in [2.05, 4.69) is 34.9 Å². The number of rotatable bonds is 11. The van der Waals surface area contributed by atoms with E-state index in [-0.39, 0.29) is 37.5 Å². The molecule has 0 saturated heterocycles. The summed E-state index contributed by atoms with van der Waals surface area (Å²) < 4.78 is 10.6. The standard InChI is InChI=1S/C27H34N2O6/c1-17(2)24(27(3,4)25(32)28-13-14-34-16-23(30)31)29-26(33)35-15-22-20-11-7-5-9-18(20)19-10-6-8-12-21(19)22/h5-12,17,22,24H,13-16H2,1-4H3,(H,28,32)(H,29,33)(H,30,31). The van der Waals surface area contributed by atoms with Gasteiger partial charge in [-0.2, -0.15) is 0 Å². The van der Waals surface area contributed by atoms with Crippen molar-refractivity contribution in [1.29, 1.82) is 0 Å². The maximum Gasteiger partial charge on any atom is 0.407 e. The predicted octanol–water partition coefficient (Wildman–Crippen LogP) is 3.79. The second kappa shape index (κ2) is 11.4. The van der Waals surface area contributed by atoms with Gasteiger partial charge in [0.15, 0.2) is 0 Å². The van der Waals surface area contributed by atoms with E-state index in [1.165, 1.54) is 0 Å². The lowest BCUT2D eigenvalue weighted by Gasteiger charge is -2.36. The smallest absolute Gasteiger partial charge is 0.407 e. The van der Waals surface area contributed by atoms with Crippen LogP contribution in [0.2, 0.25) is 0 Å². The first-order chi connectivity index (χ1) is 16.6. The molecule has 35 heavy (non-hydrogen) atoms. The van der Waals surface area contributed by atoms with Crippen LogP contribution in [0.25, 0.3) is 11.1 Å². The van der Waals surface area contributed by atoms with Gasteiger partial charge in [0.2, 0.25) is 5.91 Å². The highest BCUT2D eigenvalue weighted by molar-refractivity contribution is 5.83. The number of nitrogens with one attached hydrogen (secondary N) is 2. The van der Waals surface area contributed by atoms with Gasteiger partial charge in [0.1, 0.15) is 13.2 Å². The van der Waals surface area contributed by atoms with Crippen LogP contribution in [0.5, 0.6) is 0 Å². The Balaban J connectivity index is 1.60. The van der Waals surface area contributed by atoms with Crippen molar-refractivity contribution in [1.82, 2.24) is 10.6 Å². The molecule has 0 aliphatic heterocycles. The van der Waals surface area contributed by atoms with Gasteiger partial charge in [-0.1, -0.05) is 62.4 Å². The van der Waals surface area contributed by atoms with Crippen LogP contribution in [0, 0.1) is 11.3 Å². The summed E-state index contributed by atoms with van der Waals surface area (Å²) in [5, 5.41) is 14.3. The van der Waals surface area contributed by atoms with E-state index >= 15 is 0 Å². The number of ether oxygens (including phenoxy) is 2. The number of amides is 2. The second-order valence-corrected chi connectivity index (χ2v) is 9.62. The topological polar surface area (TPSA) is 114 Å². The minimum Gasteiger partial charge on any atom is -0.480 e. The number of carbonyl (C=O) groups excluding carboxylic acids is 2. The molecule has 2 aromatic carbocycles. The van der Waals surface area contributed by atoms with E-state index in [4.69, 9.17) is 14.6 Å². The molecule has 1 unspecified atom stereocenters. The molecule has 0 spiro atoms. The highest BCUT2D eigenvalue weighted by Crippen LogP contribution is 2.44. The summed E-state index contributed by atoms with van der Waals surface area (Å²) >= 11 is 0. The third-order valence-corrected chi connectivity index (χ3v) is 6.40. The lowest BCUT2D eigenvalue weighted by Crippen LogP contribution is -2.55. The molecule has 2 aromatic rings. The van der Waals surface area contributed by atoms with Crippen LogP contribution < -0.4 is 10.6 Å². The van der Waals surface area contributed by atoms with Crippen LogP contribution in [-0.4, -0.2) is 55.5 Å². The van der Waals surface area contributed by atoms with Gasteiger partial charge in [-0.3, -0.25) is 4.79 Å². The van der Waals surface area contributed by atoms with Crippen molar-refractivity contribution in [3.8, 4) is 11.1 Å². The van der Waals surface area contributed by atoms with Gasteiger partial charge in [-0.05, 0) is 42.0 Å². The van der Waals surface area contributed by atoms with Crippen molar-refractivity contribution in [3.63, 3.8) is 0 Å². The minimum absolute atomic E-state index is 0.0421. The molecule has 188 valence electrons.